The summed E-state index contributed by atoms with van der Waals surface area (Å²) >= 11 is 0. The standard InChI is InChI=1S/C16H13N3O5/c20-16(10-11-3-1-2-4-15(11)19(23)24)17-8-7-12-9-13(18(21)22)5-6-14(12)17/h1-6,9H,7-8,10H2. The Balaban J connectivity index is 1.84. The van der Waals surface area contributed by atoms with Crippen molar-refractivity contribution in [2.24, 2.45) is 0 Å². The quantitative estimate of drug-likeness (QED) is 0.634. The van der Waals surface area contributed by atoms with E-state index in [1.807, 2.05) is 0 Å². The number of nitro benzene ring substituents is 2. The van der Waals surface area contributed by atoms with Crippen molar-refractivity contribution in [2.45, 2.75) is 12.8 Å². The maximum absolute atomic E-state index is 12.5. The van der Waals surface area contributed by atoms with E-state index in [1.165, 1.54) is 23.1 Å². The largest absolute Gasteiger partial charge is 0.312 e. The Kier molecular flexibility index (Phi) is 3.95. The number of benzene rings is 2. The highest BCUT2D eigenvalue weighted by atomic mass is 16.6. The van der Waals surface area contributed by atoms with Crippen molar-refractivity contribution in [3.05, 3.63) is 73.8 Å². The lowest BCUT2D eigenvalue weighted by molar-refractivity contribution is -0.385. The molecule has 0 bridgehead atoms. The van der Waals surface area contributed by atoms with Gasteiger partial charge in [-0.2, -0.15) is 0 Å². The Bertz CT molecular complexity index is 849. The van der Waals surface area contributed by atoms with Crippen LogP contribution in [-0.2, 0) is 17.6 Å². The van der Waals surface area contributed by atoms with Crippen LogP contribution in [0.5, 0.6) is 0 Å². The van der Waals surface area contributed by atoms with Gasteiger partial charge in [-0.05, 0) is 18.1 Å². The molecular weight excluding hydrogens is 314 g/mol. The minimum Gasteiger partial charge on any atom is -0.312 e. The first-order valence-corrected chi connectivity index (χ1v) is 7.27. The van der Waals surface area contributed by atoms with Crippen molar-refractivity contribution in [1.29, 1.82) is 0 Å². The predicted octanol–water partition coefficient (Wildman–Crippen LogP) is 2.63. The lowest BCUT2D eigenvalue weighted by Crippen LogP contribution is -2.30. The van der Waals surface area contributed by atoms with Crippen molar-refractivity contribution >= 4 is 23.0 Å². The lowest BCUT2D eigenvalue weighted by Gasteiger charge is -2.17. The predicted molar refractivity (Wildman–Crippen MR) is 86.0 cm³/mol. The molecule has 0 saturated carbocycles. The first-order chi connectivity index (χ1) is 11.5. The summed E-state index contributed by atoms with van der Waals surface area (Å²) in [5, 5.41) is 21.9. The highest BCUT2D eigenvalue weighted by Gasteiger charge is 2.27. The van der Waals surface area contributed by atoms with Crippen molar-refractivity contribution in [3.8, 4) is 0 Å². The third-order valence-corrected chi connectivity index (χ3v) is 4.00. The van der Waals surface area contributed by atoms with E-state index in [9.17, 15) is 25.0 Å². The fraction of sp³-hybridized carbons (Fsp3) is 0.188. The van der Waals surface area contributed by atoms with Gasteiger partial charge in [-0.1, -0.05) is 18.2 Å². The highest BCUT2D eigenvalue weighted by Crippen LogP contribution is 2.32. The summed E-state index contributed by atoms with van der Waals surface area (Å²) in [7, 11) is 0. The molecule has 0 fully saturated rings. The number of anilines is 1. The summed E-state index contributed by atoms with van der Waals surface area (Å²) in [6, 6.07) is 10.5. The van der Waals surface area contributed by atoms with Crippen LogP contribution in [0.15, 0.2) is 42.5 Å². The molecule has 0 unspecified atom stereocenters. The Hall–Kier alpha value is -3.29. The molecule has 0 aromatic heterocycles. The smallest absolute Gasteiger partial charge is 0.273 e. The molecule has 1 aliphatic heterocycles. The molecule has 1 aliphatic rings. The summed E-state index contributed by atoms with van der Waals surface area (Å²) in [6.45, 7) is 0.413. The number of carbonyl (C=O) groups is 1. The van der Waals surface area contributed by atoms with E-state index in [0.717, 1.165) is 5.56 Å². The maximum Gasteiger partial charge on any atom is 0.273 e. The molecule has 0 spiro atoms. The van der Waals surface area contributed by atoms with Gasteiger partial charge in [-0.15, -0.1) is 0 Å². The van der Waals surface area contributed by atoms with E-state index in [-0.39, 0.29) is 23.7 Å². The fourth-order valence-corrected chi connectivity index (χ4v) is 2.86. The Morgan fingerprint density at radius 2 is 1.83 bits per heavy atom. The molecule has 2 aromatic rings. The van der Waals surface area contributed by atoms with E-state index in [4.69, 9.17) is 0 Å². The van der Waals surface area contributed by atoms with Gasteiger partial charge in [0.05, 0.1) is 16.3 Å². The van der Waals surface area contributed by atoms with Gasteiger partial charge in [0.1, 0.15) is 0 Å². The van der Waals surface area contributed by atoms with Gasteiger partial charge in [0, 0.05) is 36.0 Å². The molecule has 1 amide bonds. The first kappa shape index (κ1) is 15.6. The Morgan fingerprint density at radius 3 is 2.54 bits per heavy atom. The molecule has 0 radical (unpaired) electrons. The van der Waals surface area contributed by atoms with Gasteiger partial charge >= 0.3 is 0 Å². The lowest BCUT2D eigenvalue weighted by atomic mass is 10.1. The van der Waals surface area contributed by atoms with Crippen LogP contribution in [0.3, 0.4) is 0 Å². The number of nitrogens with zero attached hydrogens (tertiary/aromatic N) is 3. The van der Waals surface area contributed by atoms with Crippen LogP contribution in [0.2, 0.25) is 0 Å². The monoisotopic (exact) mass is 327 g/mol. The second-order valence-electron chi connectivity index (χ2n) is 5.43. The van der Waals surface area contributed by atoms with Gasteiger partial charge in [-0.3, -0.25) is 25.0 Å². The number of fused-ring (bicyclic) bond motifs is 1. The molecule has 8 heteroatoms. The normalized spacial score (nSPS) is 12.8. The van der Waals surface area contributed by atoms with Crippen LogP contribution in [0.1, 0.15) is 11.1 Å². The molecule has 1 heterocycles. The molecule has 2 aromatic carbocycles. The zero-order valence-corrected chi connectivity index (χ0v) is 12.5. The summed E-state index contributed by atoms with van der Waals surface area (Å²) in [5.74, 6) is -0.267. The SMILES string of the molecule is O=C(Cc1ccccc1[N+](=O)[O-])N1CCc2cc([N+](=O)[O-])ccc21. The minimum absolute atomic E-state index is 0.0123. The van der Waals surface area contributed by atoms with E-state index >= 15 is 0 Å². The van der Waals surface area contributed by atoms with Crippen LogP contribution < -0.4 is 4.90 Å². The zero-order valence-electron chi connectivity index (χ0n) is 12.5. The van der Waals surface area contributed by atoms with E-state index in [1.54, 1.807) is 24.3 Å². The van der Waals surface area contributed by atoms with Crippen molar-refractivity contribution in [2.75, 3.05) is 11.4 Å². The number of carbonyl (C=O) groups excluding carboxylic acids is 1. The molecular formula is C16H13N3O5. The first-order valence-electron chi connectivity index (χ1n) is 7.27. The Labute approximate surface area is 136 Å². The van der Waals surface area contributed by atoms with Gasteiger partial charge < -0.3 is 4.90 Å². The molecule has 0 aliphatic carbocycles. The molecule has 24 heavy (non-hydrogen) atoms. The van der Waals surface area contributed by atoms with Crippen molar-refractivity contribution in [3.63, 3.8) is 0 Å². The summed E-state index contributed by atoms with van der Waals surface area (Å²) in [5.41, 5.74) is 1.61. The van der Waals surface area contributed by atoms with Crippen LogP contribution >= 0.6 is 0 Å². The second kappa shape index (κ2) is 6.07. The van der Waals surface area contributed by atoms with Crippen molar-refractivity contribution < 1.29 is 14.6 Å². The molecule has 122 valence electrons. The third-order valence-electron chi connectivity index (χ3n) is 4.00. The van der Waals surface area contributed by atoms with Gasteiger partial charge in [-0.25, -0.2) is 0 Å². The minimum atomic E-state index is -0.510. The number of hydrogen-bond acceptors (Lipinski definition) is 5. The van der Waals surface area contributed by atoms with E-state index < -0.39 is 9.85 Å². The average Bonchev–Trinajstić information content (AvgIpc) is 2.98. The van der Waals surface area contributed by atoms with E-state index in [2.05, 4.69) is 0 Å². The van der Waals surface area contributed by atoms with Crippen LogP contribution in [0, 0.1) is 20.2 Å². The number of amides is 1. The molecule has 3 rings (SSSR count). The molecule has 0 N–H and O–H groups in total. The summed E-state index contributed by atoms with van der Waals surface area (Å²) < 4.78 is 0. The average molecular weight is 327 g/mol. The summed E-state index contributed by atoms with van der Waals surface area (Å²) in [4.78, 5) is 34.9. The fourth-order valence-electron chi connectivity index (χ4n) is 2.86. The number of hydrogen-bond donors (Lipinski definition) is 0. The molecule has 0 saturated heterocycles. The van der Waals surface area contributed by atoms with Crippen LogP contribution in [-0.4, -0.2) is 22.3 Å². The van der Waals surface area contributed by atoms with E-state index in [0.29, 0.717) is 24.2 Å². The van der Waals surface area contributed by atoms with Crippen molar-refractivity contribution in [1.82, 2.24) is 0 Å². The Morgan fingerprint density at radius 1 is 1.08 bits per heavy atom. The second-order valence-corrected chi connectivity index (χ2v) is 5.43. The number of non-ortho nitro benzene ring substituents is 1. The van der Waals surface area contributed by atoms with Gasteiger partial charge in [0.2, 0.25) is 5.91 Å². The summed E-state index contributed by atoms with van der Waals surface area (Å²) in [6.07, 6.45) is 0.438. The zero-order chi connectivity index (χ0) is 17.3. The molecule has 8 nitrogen and oxygen atoms in total. The maximum atomic E-state index is 12.5. The highest BCUT2D eigenvalue weighted by molar-refractivity contribution is 5.97. The number of nitro groups is 2. The van der Waals surface area contributed by atoms with Crippen LogP contribution in [0.4, 0.5) is 17.1 Å². The third kappa shape index (κ3) is 2.81. The van der Waals surface area contributed by atoms with Gasteiger partial charge in [0.25, 0.3) is 11.4 Å². The van der Waals surface area contributed by atoms with Gasteiger partial charge in [0.15, 0.2) is 0 Å². The molecule has 0 atom stereocenters. The van der Waals surface area contributed by atoms with Crippen LogP contribution in [0.25, 0.3) is 0 Å². The topological polar surface area (TPSA) is 107 Å². The number of para-hydroxylation sites is 1. The number of rotatable bonds is 4.